The molecule has 0 radical (unpaired) electrons. The van der Waals surface area contributed by atoms with Crippen molar-refractivity contribution in [1.82, 2.24) is 0 Å². The Balaban J connectivity index is 2.58. The maximum Gasteiger partial charge on any atom is 0.132 e. The molecule has 0 heterocycles. The van der Waals surface area contributed by atoms with Crippen molar-refractivity contribution < 1.29 is 18.3 Å². The Morgan fingerprint density at radius 2 is 1.62 bits per heavy atom. The van der Waals surface area contributed by atoms with Crippen molar-refractivity contribution >= 4 is 0 Å². The van der Waals surface area contributed by atoms with Gasteiger partial charge in [-0.25, -0.2) is 13.2 Å². The van der Waals surface area contributed by atoms with Crippen LogP contribution >= 0.6 is 0 Å². The van der Waals surface area contributed by atoms with Crippen molar-refractivity contribution in [3.63, 3.8) is 0 Å². The van der Waals surface area contributed by atoms with Crippen LogP contribution in [0.25, 0.3) is 0 Å². The molecule has 1 aromatic rings. The first-order valence-corrected chi connectivity index (χ1v) is 5.10. The second-order valence-corrected chi connectivity index (χ2v) is 5.05. The van der Waals surface area contributed by atoms with Gasteiger partial charge in [-0.05, 0) is 11.8 Å². The molecule has 1 aliphatic rings. The summed E-state index contributed by atoms with van der Waals surface area (Å²) in [5.74, 6) is -2.78. The van der Waals surface area contributed by atoms with E-state index < -0.39 is 22.9 Å². The van der Waals surface area contributed by atoms with Crippen molar-refractivity contribution in [2.75, 3.05) is 6.61 Å². The van der Waals surface area contributed by atoms with Crippen molar-refractivity contribution in [3.8, 4) is 0 Å². The quantitative estimate of drug-likeness (QED) is 0.828. The molecule has 2 rings (SSSR count). The van der Waals surface area contributed by atoms with Crippen LogP contribution in [-0.4, -0.2) is 11.7 Å². The number of rotatable bonds is 2. The van der Waals surface area contributed by atoms with E-state index >= 15 is 0 Å². The molecule has 0 amide bonds. The van der Waals surface area contributed by atoms with E-state index in [0.29, 0.717) is 18.6 Å². The molecule has 0 saturated heterocycles. The number of hydrogen-bond donors (Lipinski definition) is 1. The number of halogens is 3. The largest absolute Gasteiger partial charge is 0.395 e. The first kappa shape index (κ1) is 11.5. The van der Waals surface area contributed by atoms with Gasteiger partial charge < -0.3 is 5.11 Å². The molecule has 1 unspecified atom stereocenters. The molecule has 1 atom stereocenters. The zero-order valence-electron chi connectivity index (χ0n) is 9.15. The molecule has 0 aromatic heterocycles. The molecule has 1 saturated carbocycles. The molecular formula is C12H13F3O. The van der Waals surface area contributed by atoms with Gasteiger partial charge in [0.1, 0.15) is 17.5 Å². The lowest BCUT2D eigenvalue weighted by atomic mass is 9.88. The number of aliphatic hydroxyl groups is 1. The fraction of sp³-hybridized carbons (Fsp3) is 0.500. The third-order valence-electron chi connectivity index (χ3n) is 3.67. The van der Waals surface area contributed by atoms with Gasteiger partial charge >= 0.3 is 0 Å². The summed E-state index contributed by atoms with van der Waals surface area (Å²) in [5.41, 5.74) is -1.46. The molecule has 1 nitrogen and oxygen atoms in total. The van der Waals surface area contributed by atoms with Crippen LogP contribution in [-0.2, 0) is 5.41 Å². The summed E-state index contributed by atoms with van der Waals surface area (Å²) in [6, 6.07) is 1.31. The Morgan fingerprint density at radius 1 is 1.19 bits per heavy atom. The van der Waals surface area contributed by atoms with E-state index in [-0.39, 0.29) is 17.6 Å². The predicted octanol–water partition coefficient (Wildman–Crippen LogP) is 2.76. The van der Waals surface area contributed by atoms with Crippen LogP contribution in [0.1, 0.15) is 25.8 Å². The average Bonchev–Trinajstić information content (AvgIpc) is 2.67. The van der Waals surface area contributed by atoms with E-state index in [2.05, 4.69) is 0 Å². The fourth-order valence-corrected chi connectivity index (χ4v) is 2.49. The lowest BCUT2D eigenvalue weighted by molar-refractivity contribution is 0.224. The Kier molecular flexibility index (Phi) is 2.31. The molecule has 1 aliphatic carbocycles. The zero-order chi connectivity index (χ0) is 12.1. The third-order valence-corrected chi connectivity index (χ3v) is 3.67. The topological polar surface area (TPSA) is 20.2 Å². The molecule has 0 bridgehead atoms. The van der Waals surface area contributed by atoms with E-state index in [0.717, 1.165) is 0 Å². The van der Waals surface area contributed by atoms with Crippen molar-refractivity contribution in [1.29, 1.82) is 0 Å². The van der Waals surface area contributed by atoms with Gasteiger partial charge in [0, 0.05) is 23.1 Å². The van der Waals surface area contributed by atoms with Gasteiger partial charge in [-0.1, -0.05) is 13.8 Å². The summed E-state index contributed by atoms with van der Waals surface area (Å²) in [6.45, 7) is 3.32. The van der Waals surface area contributed by atoms with Crippen molar-refractivity contribution in [2.45, 2.75) is 25.7 Å². The van der Waals surface area contributed by atoms with Crippen LogP contribution in [0.15, 0.2) is 12.1 Å². The predicted molar refractivity (Wildman–Crippen MR) is 53.5 cm³/mol. The van der Waals surface area contributed by atoms with Gasteiger partial charge in [-0.3, -0.25) is 0 Å². The van der Waals surface area contributed by atoms with E-state index in [9.17, 15) is 18.3 Å². The third kappa shape index (κ3) is 1.36. The smallest absolute Gasteiger partial charge is 0.132 e. The van der Waals surface area contributed by atoms with Gasteiger partial charge in [-0.2, -0.15) is 0 Å². The highest BCUT2D eigenvalue weighted by molar-refractivity contribution is 5.39. The molecule has 88 valence electrons. The minimum atomic E-state index is -0.940. The summed E-state index contributed by atoms with van der Waals surface area (Å²) in [6.07, 6.45) is 0.496. The Bertz CT molecular complexity index is 419. The van der Waals surface area contributed by atoms with Crippen molar-refractivity contribution in [3.05, 3.63) is 35.1 Å². The lowest BCUT2D eigenvalue weighted by Crippen LogP contribution is -2.22. The number of benzene rings is 1. The van der Waals surface area contributed by atoms with Crippen LogP contribution in [0.5, 0.6) is 0 Å². The molecule has 16 heavy (non-hydrogen) atoms. The van der Waals surface area contributed by atoms with E-state index in [1.54, 1.807) is 0 Å². The highest BCUT2D eigenvalue weighted by Crippen LogP contribution is 2.64. The summed E-state index contributed by atoms with van der Waals surface area (Å²) in [7, 11) is 0. The van der Waals surface area contributed by atoms with Gasteiger partial charge in [0.15, 0.2) is 0 Å². The van der Waals surface area contributed by atoms with Crippen LogP contribution < -0.4 is 0 Å². The summed E-state index contributed by atoms with van der Waals surface area (Å²) in [5, 5.41) is 9.34. The minimum Gasteiger partial charge on any atom is -0.395 e. The number of hydrogen-bond acceptors (Lipinski definition) is 1. The first-order valence-electron chi connectivity index (χ1n) is 5.10. The molecule has 0 spiro atoms. The highest BCUT2D eigenvalue weighted by atomic mass is 19.1. The number of aliphatic hydroxyl groups excluding tert-OH is 1. The molecule has 0 aliphatic heterocycles. The lowest BCUT2D eigenvalue weighted by Gasteiger charge is -2.19. The average molecular weight is 230 g/mol. The van der Waals surface area contributed by atoms with Gasteiger partial charge in [-0.15, -0.1) is 0 Å². The standard InChI is InChI=1S/C12H13F3O/c1-11(2)5-12(11,6-16)10-8(14)3-7(13)4-9(10)15/h3-4,16H,5-6H2,1-2H3. The molecule has 1 N–H and O–H groups in total. The van der Waals surface area contributed by atoms with Crippen molar-refractivity contribution in [2.24, 2.45) is 5.41 Å². The normalized spacial score (nSPS) is 26.9. The summed E-state index contributed by atoms with van der Waals surface area (Å²) >= 11 is 0. The Hall–Kier alpha value is -1.03. The second kappa shape index (κ2) is 3.23. The second-order valence-electron chi connectivity index (χ2n) is 5.05. The highest BCUT2D eigenvalue weighted by Gasteiger charge is 2.63. The van der Waals surface area contributed by atoms with E-state index in [4.69, 9.17) is 0 Å². The first-order chi connectivity index (χ1) is 7.34. The van der Waals surface area contributed by atoms with Gasteiger partial charge in [0.2, 0.25) is 0 Å². The van der Waals surface area contributed by atoms with Crippen LogP contribution in [0, 0.1) is 22.9 Å². The van der Waals surface area contributed by atoms with Gasteiger partial charge in [0.25, 0.3) is 0 Å². The molecule has 1 aromatic carbocycles. The molecular weight excluding hydrogens is 217 g/mol. The maximum absolute atomic E-state index is 13.6. The SMILES string of the molecule is CC1(C)CC1(CO)c1c(F)cc(F)cc1F. The van der Waals surface area contributed by atoms with Gasteiger partial charge in [0.05, 0.1) is 6.61 Å². The molecule has 4 heteroatoms. The van der Waals surface area contributed by atoms with Crippen LogP contribution in [0.4, 0.5) is 13.2 Å². The minimum absolute atomic E-state index is 0.193. The summed E-state index contributed by atoms with van der Waals surface area (Å²) < 4.78 is 39.9. The fourth-order valence-electron chi connectivity index (χ4n) is 2.49. The monoisotopic (exact) mass is 230 g/mol. The van der Waals surface area contributed by atoms with Crippen LogP contribution in [0.3, 0.4) is 0 Å². The summed E-state index contributed by atoms with van der Waals surface area (Å²) in [4.78, 5) is 0. The van der Waals surface area contributed by atoms with E-state index in [1.165, 1.54) is 0 Å². The van der Waals surface area contributed by atoms with Crippen LogP contribution in [0.2, 0.25) is 0 Å². The Morgan fingerprint density at radius 3 is 1.94 bits per heavy atom. The Labute approximate surface area is 91.9 Å². The zero-order valence-corrected chi connectivity index (χ0v) is 9.15. The molecule has 1 fully saturated rings. The van der Waals surface area contributed by atoms with E-state index in [1.807, 2.05) is 13.8 Å². The maximum atomic E-state index is 13.6.